The number of halogens is 2. The summed E-state index contributed by atoms with van der Waals surface area (Å²) in [6.45, 7) is 2.14. The Morgan fingerprint density at radius 3 is 2.65 bits per heavy atom. The fourth-order valence-electron chi connectivity index (χ4n) is 2.65. The maximum absolute atomic E-state index is 12.6. The summed E-state index contributed by atoms with van der Waals surface area (Å²) < 4.78 is 35.8. The van der Waals surface area contributed by atoms with Gasteiger partial charge < -0.3 is 9.15 Å². The van der Waals surface area contributed by atoms with Crippen LogP contribution in [0.1, 0.15) is 35.0 Å². The van der Waals surface area contributed by atoms with E-state index in [1.54, 1.807) is 12.1 Å². The summed E-state index contributed by atoms with van der Waals surface area (Å²) >= 11 is 0. The van der Waals surface area contributed by atoms with Gasteiger partial charge in [-0.3, -0.25) is 4.98 Å². The van der Waals surface area contributed by atoms with Crippen molar-refractivity contribution in [2.75, 3.05) is 0 Å². The molecule has 3 aromatic heterocycles. The zero-order valence-electron chi connectivity index (χ0n) is 16.4. The van der Waals surface area contributed by atoms with E-state index in [1.165, 1.54) is 6.20 Å². The van der Waals surface area contributed by atoms with Gasteiger partial charge >= 0.3 is 6.43 Å². The van der Waals surface area contributed by atoms with Gasteiger partial charge in [-0.2, -0.15) is 8.78 Å². The molecule has 4 rings (SSSR count). The topological polar surface area (TPSA) is 73.9 Å². The minimum absolute atomic E-state index is 0.00959. The molecule has 31 heavy (non-hydrogen) atoms. The highest BCUT2D eigenvalue weighted by Crippen LogP contribution is 2.23. The molecule has 0 spiro atoms. The smallest absolute Gasteiger partial charge is 0.314 e. The molecule has 0 unspecified atom stereocenters. The molecule has 0 N–H and O–H groups in total. The first-order valence-electron chi connectivity index (χ1n) is 9.32. The van der Waals surface area contributed by atoms with E-state index in [9.17, 15) is 8.78 Å². The van der Waals surface area contributed by atoms with Crippen molar-refractivity contribution in [1.29, 1.82) is 0 Å². The van der Waals surface area contributed by atoms with E-state index >= 15 is 0 Å². The molecule has 1 aromatic carbocycles. The average molecular weight is 418 g/mol. The van der Waals surface area contributed by atoms with E-state index in [-0.39, 0.29) is 12.5 Å². The molecule has 6 nitrogen and oxygen atoms in total. The quantitative estimate of drug-likeness (QED) is 0.436. The van der Waals surface area contributed by atoms with Gasteiger partial charge in [0.05, 0.1) is 11.3 Å². The minimum atomic E-state index is -2.81. The van der Waals surface area contributed by atoms with Crippen LogP contribution in [0.3, 0.4) is 0 Å². The van der Waals surface area contributed by atoms with Crippen molar-refractivity contribution < 1.29 is 17.9 Å². The number of hydrogen-bond acceptors (Lipinski definition) is 6. The number of aryl methyl sites for hydroxylation is 1. The van der Waals surface area contributed by atoms with Crippen LogP contribution in [0.4, 0.5) is 8.78 Å². The maximum Gasteiger partial charge on any atom is 0.314 e. The van der Waals surface area contributed by atoms with Crippen LogP contribution in [0.15, 0.2) is 65.2 Å². The average Bonchev–Trinajstić information content (AvgIpc) is 3.28. The van der Waals surface area contributed by atoms with Gasteiger partial charge in [-0.25, -0.2) is 4.98 Å². The lowest BCUT2D eigenvalue weighted by molar-refractivity contribution is 0.116. The third kappa shape index (κ3) is 5.28. The van der Waals surface area contributed by atoms with Crippen LogP contribution in [0, 0.1) is 18.8 Å². The van der Waals surface area contributed by atoms with Crippen molar-refractivity contribution in [2.24, 2.45) is 0 Å². The second kappa shape index (κ2) is 9.13. The second-order valence-corrected chi connectivity index (χ2v) is 6.52. The number of nitrogens with zero attached hydrogens (tertiary/aromatic N) is 4. The Hall–Kier alpha value is -4.12. The Morgan fingerprint density at radius 1 is 1.03 bits per heavy atom. The van der Waals surface area contributed by atoms with Crippen LogP contribution in [0.2, 0.25) is 0 Å². The molecule has 0 atom stereocenters. The zero-order chi connectivity index (χ0) is 21.6. The molecule has 0 aliphatic rings. The molecule has 4 aromatic rings. The lowest BCUT2D eigenvalue weighted by Crippen LogP contribution is -1.98. The summed E-state index contributed by atoms with van der Waals surface area (Å²) in [7, 11) is 0. The first kappa shape index (κ1) is 20.2. The SMILES string of the molecule is Cc1cccc(C#Cc2cccc(OCc3ccc(-c4nnc(C(F)F)o4)cn3)c2)n1. The molecule has 0 saturated carbocycles. The predicted molar refractivity (Wildman–Crippen MR) is 108 cm³/mol. The molecule has 154 valence electrons. The van der Waals surface area contributed by atoms with Crippen molar-refractivity contribution >= 4 is 0 Å². The van der Waals surface area contributed by atoms with Crippen molar-refractivity contribution in [2.45, 2.75) is 20.0 Å². The molecule has 0 aliphatic heterocycles. The minimum Gasteiger partial charge on any atom is -0.487 e. The summed E-state index contributed by atoms with van der Waals surface area (Å²) in [6, 6.07) is 16.5. The predicted octanol–water partition coefficient (Wildman–Crippen LogP) is 4.75. The number of pyridine rings is 2. The first-order valence-corrected chi connectivity index (χ1v) is 9.32. The fraction of sp³-hybridized carbons (Fsp3) is 0.130. The van der Waals surface area contributed by atoms with Crippen LogP contribution in [0.5, 0.6) is 5.75 Å². The van der Waals surface area contributed by atoms with Crippen LogP contribution in [0.25, 0.3) is 11.5 Å². The van der Waals surface area contributed by atoms with E-state index in [1.807, 2.05) is 49.4 Å². The van der Waals surface area contributed by atoms with Crippen LogP contribution >= 0.6 is 0 Å². The highest BCUT2D eigenvalue weighted by atomic mass is 19.3. The lowest BCUT2D eigenvalue weighted by atomic mass is 10.2. The maximum atomic E-state index is 12.6. The molecule has 0 saturated heterocycles. The molecule has 0 aliphatic carbocycles. The fourth-order valence-corrected chi connectivity index (χ4v) is 2.65. The third-order valence-corrected chi connectivity index (χ3v) is 4.14. The van der Waals surface area contributed by atoms with Crippen molar-refractivity contribution in [3.8, 4) is 29.0 Å². The third-order valence-electron chi connectivity index (χ3n) is 4.14. The number of alkyl halides is 2. The van der Waals surface area contributed by atoms with Crippen molar-refractivity contribution in [3.63, 3.8) is 0 Å². The van der Waals surface area contributed by atoms with Gasteiger partial charge in [0.25, 0.3) is 5.89 Å². The molecule has 0 amide bonds. The van der Waals surface area contributed by atoms with E-state index in [0.717, 1.165) is 11.3 Å². The number of hydrogen-bond donors (Lipinski definition) is 0. The van der Waals surface area contributed by atoms with Gasteiger partial charge in [0.2, 0.25) is 5.89 Å². The monoisotopic (exact) mass is 418 g/mol. The Bertz CT molecular complexity index is 1240. The van der Waals surface area contributed by atoms with E-state index in [0.29, 0.717) is 22.7 Å². The summed E-state index contributed by atoms with van der Waals surface area (Å²) in [5.74, 6) is 6.03. The molecule has 8 heteroatoms. The Morgan fingerprint density at radius 2 is 1.90 bits per heavy atom. The number of benzene rings is 1. The molecular formula is C23H16F2N4O2. The summed E-state index contributed by atoms with van der Waals surface area (Å²) in [5, 5.41) is 6.90. The van der Waals surface area contributed by atoms with Gasteiger partial charge in [-0.1, -0.05) is 18.1 Å². The molecule has 0 fully saturated rings. The second-order valence-electron chi connectivity index (χ2n) is 6.52. The lowest BCUT2D eigenvalue weighted by Gasteiger charge is -2.06. The normalized spacial score (nSPS) is 10.6. The standard InChI is InChI=1S/C23H16F2N4O2/c1-15-4-2-6-18(27-15)10-8-16-5-3-7-20(12-16)30-14-19-11-9-17(13-26-19)22-28-29-23(31-22)21(24)25/h2-7,9,11-13,21H,14H2,1H3. The zero-order valence-corrected chi connectivity index (χ0v) is 16.4. The van der Waals surface area contributed by atoms with Crippen molar-refractivity contribution in [1.82, 2.24) is 20.2 Å². The van der Waals surface area contributed by atoms with Gasteiger partial charge in [-0.15, -0.1) is 10.2 Å². The number of rotatable bonds is 5. The Balaban J connectivity index is 1.40. The Kier molecular flexibility index (Phi) is 5.94. The van der Waals surface area contributed by atoms with E-state index < -0.39 is 12.3 Å². The van der Waals surface area contributed by atoms with E-state index in [2.05, 4.69) is 32.0 Å². The van der Waals surface area contributed by atoms with Gasteiger partial charge in [0.15, 0.2) is 0 Å². The number of aromatic nitrogens is 4. The van der Waals surface area contributed by atoms with Gasteiger partial charge in [-0.05, 0) is 55.3 Å². The highest BCUT2D eigenvalue weighted by molar-refractivity contribution is 5.50. The van der Waals surface area contributed by atoms with E-state index in [4.69, 9.17) is 9.15 Å². The Labute approximate surface area is 177 Å². The summed E-state index contributed by atoms with van der Waals surface area (Å²) in [6.07, 6.45) is -1.34. The molecule has 0 radical (unpaired) electrons. The van der Waals surface area contributed by atoms with Crippen LogP contribution in [-0.4, -0.2) is 20.2 Å². The summed E-state index contributed by atoms with van der Waals surface area (Å²) in [4.78, 5) is 8.61. The molecule has 3 heterocycles. The van der Waals surface area contributed by atoms with Gasteiger partial charge in [0, 0.05) is 17.5 Å². The molecule has 0 bridgehead atoms. The van der Waals surface area contributed by atoms with Crippen LogP contribution < -0.4 is 4.74 Å². The highest BCUT2D eigenvalue weighted by Gasteiger charge is 2.17. The van der Waals surface area contributed by atoms with Crippen LogP contribution in [-0.2, 0) is 6.61 Å². The van der Waals surface area contributed by atoms with Gasteiger partial charge in [0.1, 0.15) is 18.1 Å². The summed E-state index contributed by atoms with van der Waals surface area (Å²) in [5.41, 5.74) is 3.52. The van der Waals surface area contributed by atoms with Crippen molar-refractivity contribution in [3.05, 3.63) is 89.3 Å². The largest absolute Gasteiger partial charge is 0.487 e. The molecular weight excluding hydrogens is 402 g/mol. The number of ether oxygens (including phenoxy) is 1. The first-order chi connectivity index (χ1) is 15.1.